The summed E-state index contributed by atoms with van der Waals surface area (Å²) in [6.45, 7) is 0.976. The topological polar surface area (TPSA) is 75.7 Å². The number of nitrogens with zero attached hydrogens (tertiary/aromatic N) is 1. The highest BCUT2D eigenvalue weighted by molar-refractivity contribution is 6.30. The van der Waals surface area contributed by atoms with Crippen molar-refractivity contribution in [2.75, 3.05) is 25.5 Å². The number of methoxy groups -OCH3 is 1. The zero-order valence-electron chi connectivity index (χ0n) is 16.0. The van der Waals surface area contributed by atoms with Crippen LogP contribution in [0.5, 0.6) is 0 Å². The molecule has 7 heteroatoms. The Morgan fingerprint density at radius 3 is 2.48 bits per heavy atom. The fraction of sp³-hybridized carbons (Fsp3) is 0.318. The number of hydrogen-bond acceptors (Lipinski definition) is 4. The summed E-state index contributed by atoms with van der Waals surface area (Å²) in [7, 11) is 1.33. The summed E-state index contributed by atoms with van der Waals surface area (Å²) in [5, 5.41) is 3.56. The van der Waals surface area contributed by atoms with Gasteiger partial charge in [-0.3, -0.25) is 9.59 Å². The Balaban J connectivity index is 1.50. The lowest BCUT2D eigenvalue weighted by molar-refractivity contribution is -0.134. The molecule has 2 aliphatic rings. The molecule has 1 N–H and O–H groups in total. The van der Waals surface area contributed by atoms with E-state index in [-0.39, 0.29) is 11.8 Å². The summed E-state index contributed by atoms with van der Waals surface area (Å²) in [4.78, 5) is 39.2. The summed E-state index contributed by atoms with van der Waals surface area (Å²) in [5.41, 5.74) is 2.16. The number of nitrogens with one attached hydrogen (secondary N) is 1. The van der Waals surface area contributed by atoms with Gasteiger partial charge in [-0.2, -0.15) is 0 Å². The molecule has 1 saturated heterocycles. The fourth-order valence-electron chi connectivity index (χ4n) is 4.18. The van der Waals surface area contributed by atoms with Gasteiger partial charge in [0.05, 0.1) is 24.5 Å². The van der Waals surface area contributed by atoms with E-state index in [0.717, 1.165) is 16.8 Å². The summed E-state index contributed by atoms with van der Waals surface area (Å²) in [6.07, 6.45) is 1.34. The van der Waals surface area contributed by atoms with E-state index in [1.807, 2.05) is 12.1 Å². The molecule has 2 aromatic rings. The first-order chi connectivity index (χ1) is 13.9. The first-order valence-corrected chi connectivity index (χ1v) is 9.87. The number of carbonyl (C=O) groups is 3. The molecule has 1 spiro atoms. The van der Waals surface area contributed by atoms with E-state index in [1.165, 1.54) is 7.11 Å². The Morgan fingerprint density at radius 2 is 1.83 bits per heavy atom. The van der Waals surface area contributed by atoms with Gasteiger partial charge in [0.15, 0.2) is 0 Å². The smallest absolute Gasteiger partial charge is 0.337 e. The Kier molecular flexibility index (Phi) is 5.04. The molecule has 0 bridgehead atoms. The minimum Gasteiger partial charge on any atom is -0.465 e. The van der Waals surface area contributed by atoms with Crippen LogP contribution in [0.3, 0.4) is 0 Å². The minimum absolute atomic E-state index is 0.0316. The van der Waals surface area contributed by atoms with Crippen molar-refractivity contribution in [3.63, 3.8) is 0 Å². The van der Waals surface area contributed by atoms with Gasteiger partial charge in [0.2, 0.25) is 11.8 Å². The van der Waals surface area contributed by atoms with Gasteiger partial charge in [0.25, 0.3) is 0 Å². The molecular formula is C22H21ClN2O4. The van der Waals surface area contributed by atoms with Crippen molar-refractivity contribution in [1.29, 1.82) is 0 Å². The normalized spacial score (nSPS) is 17.0. The number of rotatable bonds is 3. The average molecular weight is 413 g/mol. The second-order valence-electron chi connectivity index (χ2n) is 7.47. The Bertz CT molecular complexity index is 979. The molecule has 1 fully saturated rings. The molecule has 0 unspecified atom stereocenters. The number of fused-ring (bicyclic) bond motifs is 2. The average Bonchev–Trinajstić information content (AvgIpc) is 3.00. The van der Waals surface area contributed by atoms with Crippen LogP contribution < -0.4 is 5.32 Å². The predicted octanol–water partition coefficient (Wildman–Crippen LogP) is 3.18. The summed E-state index contributed by atoms with van der Waals surface area (Å²) < 4.78 is 4.81. The molecule has 0 atom stereocenters. The van der Waals surface area contributed by atoms with Crippen LogP contribution in [-0.2, 0) is 26.2 Å². The van der Waals surface area contributed by atoms with E-state index >= 15 is 0 Å². The molecule has 2 aromatic carbocycles. The second-order valence-corrected chi connectivity index (χ2v) is 7.91. The molecule has 0 saturated carbocycles. The van der Waals surface area contributed by atoms with Crippen molar-refractivity contribution in [2.24, 2.45) is 0 Å². The molecule has 4 rings (SSSR count). The number of anilines is 1. The number of likely N-dealkylation sites (tertiary alicyclic amines) is 1. The van der Waals surface area contributed by atoms with Gasteiger partial charge in [-0.15, -0.1) is 0 Å². The van der Waals surface area contributed by atoms with Gasteiger partial charge in [-0.25, -0.2) is 4.79 Å². The maximum Gasteiger partial charge on any atom is 0.337 e. The second kappa shape index (κ2) is 7.52. The van der Waals surface area contributed by atoms with Crippen molar-refractivity contribution < 1.29 is 19.1 Å². The first kappa shape index (κ1) is 19.5. The highest BCUT2D eigenvalue weighted by Gasteiger charge is 2.49. The van der Waals surface area contributed by atoms with Crippen molar-refractivity contribution in [2.45, 2.75) is 24.7 Å². The summed E-state index contributed by atoms with van der Waals surface area (Å²) >= 11 is 5.90. The standard InChI is InChI=1S/C22H21ClN2O4/c1-29-20(27)15-4-7-18-17(13-15)22(21(28)24-18)8-10-25(11-9-22)19(26)12-14-2-5-16(23)6-3-14/h2-7,13H,8-12H2,1H3,(H,24,28). The lowest BCUT2D eigenvalue weighted by Gasteiger charge is -2.38. The number of benzene rings is 2. The van der Waals surface area contributed by atoms with E-state index in [9.17, 15) is 14.4 Å². The van der Waals surface area contributed by atoms with Crippen LogP contribution in [0.25, 0.3) is 0 Å². The highest BCUT2D eigenvalue weighted by atomic mass is 35.5. The van der Waals surface area contributed by atoms with Gasteiger partial charge < -0.3 is 15.0 Å². The van der Waals surface area contributed by atoms with Gasteiger partial charge in [0.1, 0.15) is 0 Å². The molecule has 0 aliphatic carbocycles. The fourth-order valence-corrected chi connectivity index (χ4v) is 4.31. The molecule has 0 aromatic heterocycles. The number of carbonyl (C=O) groups excluding carboxylic acids is 3. The molecule has 2 amide bonds. The third kappa shape index (κ3) is 3.49. The van der Waals surface area contributed by atoms with Crippen LogP contribution in [0.2, 0.25) is 5.02 Å². The highest BCUT2D eigenvalue weighted by Crippen LogP contribution is 2.45. The van der Waals surface area contributed by atoms with E-state index in [2.05, 4.69) is 5.32 Å². The molecule has 2 aliphatic heterocycles. The van der Waals surface area contributed by atoms with E-state index in [1.54, 1.807) is 35.2 Å². The molecular weight excluding hydrogens is 392 g/mol. The number of amides is 2. The van der Waals surface area contributed by atoms with Crippen LogP contribution in [0.15, 0.2) is 42.5 Å². The third-order valence-corrected chi connectivity index (χ3v) is 6.13. The third-order valence-electron chi connectivity index (χ3n) is 5.88. The molecule has 0 radical (unpaired) electrons. The van der Waals surface area contributed by atoms with Crippen LogP contribution >= 0.6 is 11.6 Å². The van der Waals surface area contributed by atoms with E-state index in [4.69, 9.17) is 16.3 Å². The van der Waals surface area contributed by atoms with Crippen molar-refractivity contribution in [3.8, 4) is 0 Å². The van der Waals surface area contributed by atoms with Gasteiger partial charge in [-0.05, 0) is 54.3 Å². The lowest BCUT2D eigenvalue weighted by atomic mass is 9.73. The largest absolute Gasteiger partial charge is 0.465 e. The van der Waals surface area contributed by atoms with Crippen molar-refractivity contribution in [3.05, 3.63) is 64.2 Å². The van der Waals surface area contributed by atoms with Crippen LogP contribution in [0.4, 0.5) is 5.69 Å². The molecule has 2 heterocycles. The van der Waals surface area contributed by atoms with Crippen molar-refractivity contribution in [1.82, 2.24) is 4.90 Å². The monoisotopic (exact) mass is 412 g/mol. The number of ether oxygens (including phenoxy) is 1. The van der Waals surface area contributed by atoms with Gasteiger partial charge in [0, 0.05) is 23.8 Å². The zero-order chi connectivity index (χ0) is 20.6. The number of piperidine rings is 1. The Hall–Kier alpha value is -2.86. The SMILES string of the molecule is COC(=O)c1ccc2c(c1)C1(CCN(C(=O)Cc3ccc(Cl)cc3)CC1)C(=O)N2. The van der Waals surface area contributed by atoms with Crippen molar-refractivity contribution >= 4 is 35.1 Å². The van der Waals surface area contributed by atoms with E-state index in [0.29, 0.717) is 42.9 Å². The summed E-state index contributed by atoms with van der Waals surface area (Å²) in [5.74, 6) is -0.471. The van der Waals surface area contributed by atoms with Crippen LogP contribution in [-0.4, -0.2) is 42.9 Å². The Morgan fingerprint density at radius 1 is 1.14 bits per heavy atom. The molecule has 150 valence electrons. The van der Waals surface area contributed by atoms with Crippen LogP contribution in [0.1, 0.15) is 34.3 Å². The summed E-state index contributed by atoms with van der Waals surface area (Å²) in [6, 6.07) is 12.4. The lowest BCUT2D eigenvalue weighted by Crippen LogP contribution is -2.48. The van der Waals surface area contributed by atoms with Gasteiger partial charge >= 0.3 is 5.97 Å². The first-order valence-electron chi connectivity index (χ1n) is 9.49. The number of esters is 1. The maximum absolute atomic E-state index is 12.8. The number of halogens is 1. The quantitative estimate of drug-likeness (QED) is 0.785. The van der Waals surface area contributed by atoms with Crippen LogP contribution in [0, 0.1) is 0 Å². The maximum atomic E-state index is 12.8. The Labute approximate surface area is 173 Å². The molecule has 6 nitrogen and oxygen atoms in total. The molecule has 29 heavy (non-hydrogen) atoms. The zero-order valence-corrected chi connectivity index (χ0v) is 16.8. The van der Waals surface area contributed by atoms with E-state index < -0.39 is 11.4 Å². The predicted molar refractivity (Wildman–Crippen MR) is 109 cm³/mol. The minimum atomic E-state index is -0.712. The number of hydrogen-bond donors (Lipinski definition) is 1. The van der Waals surface area contributed by atoms with Gasteiger partial charge in [-0.1, -0.05) is 23.7 Å².